The highest BCUT2D eigenvalue weighted by atomic mass is 32.2. The van der Waals surface area contributed by atoms with Crippen molar-refractivity contribution in [1.82, 2.24) is 10.0 Å². The van der Waals surface area contributed by atoms with E-state index in [2.05, 4.69) is 10.0 Å². The highest BCUT2D eigenvalue weighted by molar-refractivity contribution is 7.89. The number of carbonyl (C=O) groups is 1. The first-order chi connectivity index (χ1) is 16.3. The Morgan fingerprint density at radius 2 is 1.68 bits per heavy atom. The zero-order chi connectivity index (χ0) is 24.6. The number of carbonyl (C=O) groups excluding carboxylic acids is 1. The molecule has 0 aliphatic carbocycles. The summed E-state index contributed by atoms with van der Waals surface area (Å²) in [5, 5.41) is 2.84. The van der Waals surface area contributed by atoms with Crippen molar-refractivity contribution in [3.05, 3.63) is 89.5 Å². The molecular weight excluding hydrogens is 452 g/mol. The van der Waals surface area contributed by atoms with Gasteiger partial charge < -0.3 is 14.8 Å². The van der Waals surface area contributed by atoms with Gasteiger partial charge in [0.05, 0.1) is 18.6 Å². The van der Waals surface area contributed by atoms with Crippen LogP contribution in [0, 0.1) is 6.92 Å². The van der Waals surface area contributed by atoms with Gasteiger partial charge in [-0.1, -0.05) is 42.5 Å². The fraction of sp³-hybridized carbons (Fsp3) is 0.269. The Balaban J connectivity index is 1.78. The first kappa shape index (κ1) is 25.3. The van der Waals surface area contributed by atoms with Gasteiger partial charge in [-0.15, -0.1) is 0 Å². The second-order valence-corrected chi connectivity index (χ2v) is 9.50. The van der Waals surface area contributed by atoms with E-state index in [1.165, 1.54) is 6.07 Å². The van der Waals surface area contributed by atoms with Crippen LogP contribution in [0.2, 0.25) is 0 Å². The molecule has 0 aliphatic heterocycles. The first-order valence-corrected chi connectivity index (χ1v) is 12.5. The van der Waals surface area contributed by atoms with Gasteiger partial charge in [0.1, 0.15) is 17.5 Å². The predicted octanol–water partition coefficient (Wildman–Crippen LogP) is 3.61. The summed E-state index contributed by atoms with van der Waals surface area (Å²) < 4.78 is 39.6. The number of hydrogen-bond donors (Lipinski definition) is 2. The summed E-state index contributed by atoms with van der Waals surface area (Å²) in [6.07, 6.45) is 0.213. The lowest BCUT2D eigenvalue weighted by molar-refractivity contribution is -0.122. The van der Waals surface area contributed by atoms with Gasteiger partial charge in [-0.3, -0.25) is 4.79 Å². The molecule has 0 aliphatic rings. The van der Waals surface area contributed by atoms with E-state index in [-0.39, 0.29) is 17.9 Å². The Bertz CT molecular complexity index is 1200. The van der Waals surface area contributed by atoms with E-state index in [1.807, 2.05) is 49.4 Å². The van der Waals surface area contributed by atoms with Gasteiger partial charge in [-0.25, -0.2) is 8.42 Å². The lowest BCUT2D eigenvalue weighted by Crippen LogP contribution is -2.47. The topological polar surface area (TPSA) is 93.7 Å². The van der Waals surface area contributed by atoms with Crippen LogP contribution in [-0.2, 0) is 27.8 Å². The molecule has 0 unspecified atom stereocenters. The molecule has 0 radical (unpaired) electrons. The summed E-state index contributed by atoms with van der Waals surface area (Å²) in [6.45, 7) is 4.40. The minimum Gasteiger partial charge on any atom is -0.497 e. The van der Waals surface area contributed by atoms with E-state index in [1.54, 1.807) is 38.3 Å². The Hall–Kier alpha value is -3.36. The Kier molecular flexibility index (Phi) is 8.67. The molecule has 180 valence electrons. The first-order valence-electron chi connectivity index (χ1n) is 11.0. The summed E-state index contributed by atoms with van der Waals surface area (Å²) in [7, 11) is -2.37. The van der Waals surface area contributed by atoms with Crippen LogP contribution in [0.25, 0.3) is 0 Å². The minimum absolute atomic E-state index is 0.0782. The van der Waals surface area contributed by atoms with E-state index < -0.39 is 22.0 Å². The smallest absolute Gasteiger partial charge is 0.241 e. The predicted molar refractivity (Wildman–Crippen MR) is 131 cm³/mol. The molecule has 0 fully saturated rings. The quantitative estimate of drug-likeness (QED) is 0.436. The van der Waals surface area contributed by atoms with Gasteiger partial charge in [0, 0.05) is 6.54 Å². The maximum absolute atomic E-state index is 13.2. The van der Waals surface area contributed by atoms with Crippen LogP contribution in [0.15, 0.2) is 77.7 Å². The van der Waals surface area contributed by atoms with Crippen molar-refractivity contribution in [2.75, 3.05) is 13.7 Å². The molecule has 0 aromatic heterocycles. The number of nitrogens with one attached hydrogen (secondary N) is 2. The summed E-state index contributed by atoms with van der Waals surface area (Å²) in [5.41, 5.74) is 2.42. The van der Waals surface area contributed by atoms with Crippen LogP contribution < -0.4 is 19.5 Å². The number of rotatable bonds is 11. The van der Waals surface area contributed by atoms with Crippen molar-refractivity contribution in [1.29, 1.82) is 0 Å². The normalized spacial score (nSPS) is 12.1. The number of ether oxygens (including phenoxy) is 2. The zero-order valence-electron chi connectivity index (χ0n) is 19.6. The molecule has 0 saturated carbocycles. The van der Waals surface area contributed by atoms with Crippen molar-refractivity contribution < 1.29 is 22.7 Å². The average molecular weight is 483 g/mol. The zero-order valence-corrected chi connectivity index (χ0v) is 20.4. The number of methoxy groups -OCH3 is 1. The Morgan fingerprint density at radius 3 is 2.29 bits per heavy atom. The summed E-state index contributed by atoms with van der Waals surface area (Å²) >= 11 is 0. The number of hydrogen-bond acceptors (Lipinski definition) is 5. The van der Waals surface area contributed by atoms with Crippen molar-refractivity contribution in [2.24, 2.45) is 0 Å². The molecule has 34 heavy (non-hydrogen) atoms. The molecule has 2 N–H and O–H groups in total. The van der Waals surface area contributed by atoms with Gasteiger partial charge in [0.15, 0.2) is 0 Å². The molecule has 3 aromatic rings. The summed E-state index contributed by atoms with van der Waals surface area (Å²) in [4.78, 5) is 13.2. The van der Waals surface area contributed by atoms with Crippen LogP contribution in [0.5, 0.6) is 11.5 Å². The molecule has 3 aromatic carbocycles. The number of sulfonamides is 1. The molecule has 0 saturated heterocycles. The van der Waals surface area contributed by atoms with Crippen LogP contribution in [0.1, 0.15) is 23.6 Å². The molecule has 3 rings (SSSR count). The Morgan fingerprint density at radius 1 is 0.971 bits per heavy atom. The molecule has 8 heteroatoms. The van der Waals surface area contributed by atoms with Crippen molar-refractivity contribution in [3.8, 4) is 11.5 Å². The Labute approximate surface area is 201 Å². The van der Waals surface area contributed by atoms with E-state index in [4.69, 9.17) is 9.47 Å². The van der Waals surface area contributed by atoms with Crippen LogP contribution in [-0.4, -0.2) is 34.1 Å². The fourth-order valence-corrected chi connectivity index (χ4v) is 4.74. The van der Waals surface area contributed by atoms with E-state index in [0.29, 0.717) is 17.9 Å². The minimum atomic E-state index is -3.95. The van der Waals surface area contributed by atoms with Crippen molar-refractivity contribution in [3.63, 3.8) is 0 Å². The second-order valence-electron chi connectivity index (χ2n) is 7.79. The van der Waals surface area contributed by atoms with Gasteiger partial charge in [0.2, 0.25) is 15.9 Å². The van der Waals surface area contributed by atoms with E-state index in [0.717, 1.165) is 16.9 Å². The highest BCUT2D eigenvalue weighted by Gasteiger charge is 2.26. The molecule has 7 nitrogen and oxygen atoms in total. The van der Waals surface area contributed by atoms with Gasteiger partial charge in [0.25, 0.3) is 0 Å². The van der Waals surface area contributed by atoms with Crippen LogP contribution in [0.3, 0.4) is 0 Å². The molecule has 1 amide bonds. The van der Waals surface area contributed by atoms with Gasteiger partial charge in [-0.2, -0.15) is 4.72 Å². The molecule has 0 spiro atoms. The number of benzene rings is 3. The van der Waals surface area contributed by atoms with Crippen LogP contribution in [0.4, 0.5) is 0 Å². The van der Waals surface area contributed by atoms with E-state index in [9.17, 15) is 13.2 Å². The third-order valence-corrected chi connectivity index (χ3v) is 6.75. The number of aryl methyl sites for hydroxylation is 1. The van der Waals surface area contributed by atoms with Crippen LogP contribution >= 0.6 is 0 Å². The molecule has 0 bridgehead atoms. The van der Waals surface area contributed by atoms with E-state index >= 15 is 0 Å². The maximum atomic E-state index is 13.2. The van der Waals surface area contributed by atoms with Gasteiger partial charge >= 0.3 is 0 Å². The average Bonchev–Trinajstić information content (AvgIpc) is 2.84. The third kappa shape index (κ3) is 6.82. The highest BCUT2D eigenvalue weighted by Crippen LogP contribution is 2.22. The standard InChI is InChI=1S/C26H30N2O5S/c1-4-33-25-15-14-23(16-19(25)2)34(30,31)28-24(17-20-8-6-5-7-9-20)26(29)27-18-21-10-12-22(32-3)13-11-21/h5-16,24,28H,4,17-18H2,1-3H3,(H,27,29)/t24-/m1/s1. The number of amides is 1. The maximum Gasteiger partial charge on any atom is 0.241 e. The lowest BCUT2D eigenvalue weighted by atomic mass is 10.1. The lowest BCUT2D eigenvalue weighted by Gasteiger charge is -2.19. The van der Waals surface area contributed by atoms with Crippen molar-refractivity contribution >= 4 is 15.9 Å². The molecule has 1 atom stereocenters. The van der Waals surface area contributed by atoms with Crippen molar-refractivity contribution in [2.45, 2.75) is 37.8 Å². The molecular formula is C26H30N2O5S. The monoisotopic (exact) mass is 482 g/mol. The fourth-order valence-electron chi connectivity index (χ4n) is 3.46. The second kappa shape index (κ2) is 11.7. The van der Waals surface area contributed by atoms with Gasteiger partial charge in [-0.05, 0) is 67.3 Å². The molecule has 0 heterocycles. The summed E-state index contributed by atoms with van der Waals surface area (Å²) in [6, 6.07) is 20.3. The largest absolute Gasteiger partial charge is 0.497 e. The summed E-state index contributed by atoms with van der Waals surface area (Å²) in [5.74, 6) is 0.931. The third-order valence-electron chi connectivity index (χ3n) is 5.28. The SMILES string of the molecule is CCOc1ccc(S(=O)(=O)N[C@H](Cc2ccccc2)C(=O)NCc2ccc(OC)cc2)cc1C.